The molecule has 0 bridgehead atoms. The number of halogens is 4. The number of benzene rings is 1. The SMILES string of the molecule is Fc1cc(Cl)c(C(Br)c2cc3c(s2)CCC3)cc1F. The van der Waals surface area contributed by atoms with Crippen LogP contribution in [0.25, 0.3) is 0 Å². The van der Waals surface area contributed by atoms with Crippen molar-refractivity contribution in [2.75, 3.05) is 0 Å². The number of aryl methyl sites for hydroxylation is 2. The minimum absolute atomic E-state index is 0.189. The van der Waals surface area contributed by atoms with Gasteiger partial charge < -0.3 is 0 Å². The molecule has 0 aliphatic heterocycles. The monoisotopic (exact) mass is 362 g/mol. The van der Waals surface area contributed by atoms with Crippen molar-refractivity contribution in [1.29, 1.82) is 0 Å². The average Bonchev–Trinajstić information content (AvgIpc) is 2.93. The van der Waals surface area contributed by atoms with Crippen LogP contribution in [-0.4, -0.2) is 0 Å². The van der Waals surface area contributed by atoms with Gasteiger partial charge >= 0.3 is 0 Å². The van der Waals surface area contributed by atoms with Gasteiger partial charge in [0.2, 0.25) is 0 Å². The van der Waals surface area contributed by atoms with E-state index in [0.29, 0.717) is 5.56 Å². The quantitative estimate of drug-likeness (QED) is 0.477. The molecule has 0 nitrogen and oxygen atoms in total. The molecule has 0 saturated carbocycles. The van der Waals surface area contributed by atoms with Gasteiger partial charge in [0.15, 0.2) is 11.6 Å². The minimum Gasteiger partial charge on any atom is -0.204 e. The highest BCUT2D eigenvalue weighted by molar-refractivity contribution is 9.09. The van der Waals surface area contributed by atoms with Gasteiger partial charge in [0.1, 0.15) is 0 Å². The highest BCUT2D eigenvalue weighted by Gasteiger charge is 2.22. The van der Waals surface area contributed by atoms with Gasteiger partial charge in [-0.25, -0.2) is 8.78 Å². The number of fused-ring (bicyclic) bond motifs is 1. The third-order valence-electron chi connectivity index (χ3n) is 3.33. The number of hydrogen-bond donors (Lipinski definition) is 0. The number of thiophene rings is 1. The van der Waals surface area contributed by atoms with Gasteiger partial charge in [-0.05, 0) is 48.6 Å². The predicted molar refractivity (Wildman–Crippen MR) is 78.5 cm³/mol. The van der Waals surface area contributed by atoms with E-state index >= 15 is 0 Å². The molecule has 0 N–H and O–H groups in total. The van der Waals surface area contributed by atoms with Crippen LogP contribution in [0.4, 0.5) is 8.78 Å². The zero-order chi connectivity index (χ0) is 13.6. The fourth-order valence-corrected chi connectivity index (χ4v) is 4.80. The van der Waals surface area contributed by atoms with E-state index in [-0.39, 0.29) is 9.85 Å². The molecule has 0 fully saturated rings. The number of hydrogen-bond acceptors (Lipinski definition) is 1. The van der Waals surface area contributed by atoms with Crippen LogP contribution in [0.3, 0.4) is 0 Å². The Morgan fingerprint density at radius 2 is 1.89 bits per heavy atom. The van der Waals surface area contributed by atoms with Crippen molar-refractivity contribution >= 4 is 38.9 Å². The Morgan fingerprint density at radius 3 is 2.63 bits per heavy atom. The molecule has 0 radical (unpaired) electrons. The lowest BCUT2D eigenvalue weighted by Crippen LogP contribution is -1.95. The molecule has 1 atom stereocenters. The lowest BCUT2D eigenvalue weighted by atomic mass is 10.1. The van der Waals surface area contributed by atoms with Gasteiger partial charge in [-0.3, -0.25) is 0 Å². The Morgan fingerprint density at radius 1 is 1.16 bits per heavy atom. The van der Waals surface area contributed by atoms with Gasteiger partial charge in [0.25, 0.3) is 0 Å². The van der Waals surface area contributed by atoms with Gasteiger partial charge in [0, 0.05) is 14.8 Å². The Balaban J connectivity index is 1.99. The van der Waals surface area contributed by atoms with Crippen molar-refractivity contribution in [3.8, 4) is 0 Å². The molecular formula is C14H10BrClF2S. The fraction of sp³-hybridized carbons (Fsp3) is 0.286. The van der Waals surface area contributed by atoms with Gasteiger partial charge in [-0.1, -0.05) is 27.5 Å². The van der Waals surface area contributed by atoms with E-state index in [1.54, 1.807) is 11.3 Å². The lowest BCUT2D eigenvalue weighted by Gasteiger charge is -2.11. The summed E-state index contributed by atoms with van der Waals surface area (Å²) in [7, 11) is 0. The van der Waals surface area contributed by atoms with Gasteiger partial charge in [0.05, 0.1) is 4.83 Å². The molecule has 0 spiro atoms. The molecule has 2 aromatic rings. The second-order valence-electron chi connectivity index (χ2n) is 4.60. The summed E-state index contributed by atoms with van der Waals surface area (Å²) in [6.07, 6.45) is 3.43. The molecule has 1 aliphatic rings. The molecule has 1 aliphatic carbocycles. The van der Waals surface area contributed by atoms with E-state index in [2.05, 4.69) is 22.0 Å². The minimum atomic E-state index is -0.915. The molecule has 1 aromatic carbocycles. The van der Waals surface area contributed by atoms with Crippen LogP contribution in [0.1, 0.15) is 32.1 Å². The average molecular weight is 364 g/mol. The summed E-state index contributed by atoms with van der Waals surface area (Å²) >= 11 is 11.3. The molecule has 1 heterocycles. The maximum atomic E-state index is 13.3. The van der Waals surface area contributed by atoms with Gasteiger partial charge in [-0.15, -0.1) is 11.3 Å². The molecule has 1 unspecified atom stereocenters. The summed E-state index contributed by atoms with van der Waals surface area (Å²) in [5.41, 5.74) is 1.95. The predicted octanol–water partition coefficient (Wildman–Crippen LogP) is 5.65. The Labute approximate surface area is 127 Å². The first-order valence-electron chi connectivity index (χ1n) is 5.96. The molecule has 3 rings (SSSR count). The number of alkyl halides is 1. The Hall–Kier alpha value is -0.450. The molecule has 5 heteroatoms. The summed E-state index contributed by atoms with van der Waals surface area (Å²) in [4.78, 5) is 2.31. The molecular weight excluding hydrogens is 354 g/mol. The first-order valence-corrected chi connectivity index (χ1v) is 8.07. The van der Waals surface area contributed by atoms with Gasteiger partial charge in [-0.2, -0.15) is 0 Å². The van der Waals surface area contributed by atoms with Crippen molar-refractivity contribution in [3.05, 3.63) is 55.7 Å². The standard InChI is InChI=1S/C14H10BrClF2S/c15-14(8-5-10(17)11(18)6-9(8)16)13-4-7-2-1-3-12(7)19-13/h4-6,14H,1-3H2. The smallest absolute Gasteiger partial charge is 0.160 e. The molecule has 1 aromatic heterocycles. The fourth-order valence-electron chi connectivity index (χ4n) is 2.36. The van der Waals surface area contributed by atoms with E-state index in [0.717, 1.165) is 23.8 Å². The first kappa shape index (κ1) is 13.5. The molecule has 0 saturated heterocycles. The molecule has 100 valence electrons. The van der Waals surface area contributed by atoms with Crippen LogP contribution in [0.15, 0.2) is 18.2 Å². The normalized spacial score (nSPS) is 15.6. The third-order valence-corrected chi connectivity index (χ3v) is 6.25. The van der Waals surface area contributed by atoms with Crippen molar-refractivity contribution < 1.29 is 8.78 Å². The van der Waals surface area contributed by atoms with Crippen LogP contribution >= 0.6 is 38.9 Å². The van der Waals surface area contributed by atoms with Crippen LogP contribution in [0.5, 0.6) is 0 Å². The summed E-state index contributed by atoms with van der Waals surface area (Å²) < 4.78 is 26.4. The van der Waals surface area contributed by atoms with Crippen LogP contribution in [-0.2, 0) is 12.8 Å². The van der Waals surface area contributed by atoms with Crippen molar-refractivity contribution in [1.82, 2.24) is 0 Å². The second-order valence-corrected chi connectivity index (χ2v) is 7.09. The van der Waals surface area contributed by atoms with Crippen LogP contribution in [0.2, 0.25) is 5.02 Å². The zero-order valence-corrected chi connectivity index (χ0v) is 13.0. The van der Waals surface area contributed by atoms with Crippen molar-refractivity contribution in [3.63, 3.8) is 0 Å². The Bertz CT molecular complexity index is 617. The maximum absolute atomic E-state index is 13.3. The van der Waals surface area contributed by atoms with Crippen molar-refractivity contribution in [2.45, 2.75) is 24.1 Å². The van der Waals surface area contributed by atoms with E-state index in [4.69, 9.17) is 11.6 Å². The summed E-state index contributed by atoms with van der Waals surface area (Å²) in [6, 6.07) is 4.34. The molecule has 19 heavy (non-hydrogen) atoms. The second kappa shape index (κ2) is 5.15. The lowest BCUT2D eigenvalue weighted by molar-refractivity contribution is 0.507. The maximum Gasteiger partial charge on any atom is 0.160 e. The first-order chi connectivity index (χ1) is 9.06. The summed E-state index contributed by atoms with van der Waals surface area (Å²) in [5, 5.41) is 0.245. The summed E-state index contributed by atoms with van der Waals surface area (Å²) in [5.74, 6) is -1.78. The van der Waals surface area contributed by atoms with Crippen molar-refractivity contribution in [2.24, 2.45) is 0 Å². The van der Waals surface area contributed by atoms with E-state index in [1.165, 1.54) is 22.9 Å². The topological polar surface area (TPSA) is 0 Å². The Kier molecular flexibility index (Phi) is 3.67. The summed E-state index contributed by atoms with van der Waals surface area (Å²) in [6.45, 7) is 0. The highest BCUT2D eigenvalue weighted by Crippen LogP contribution is 2.42. The number of rotatable bonds is 2. The van der Waals surface area contributed by atoms with E-state index < -0.39 is 11.6 Å². The molecule has 0 amide bonds. The third kappa shape index (κ3) is 2.46. The zero-order valence-electron chi connectivity index (χ0n) is 9.85. The van der Waals surface area contributed by atoms with Crippen LogP contribution < -0.4 is 0 Å². The highest BCUT2D eigenvalue weighted by atomic mass is 79.9. The largest absolute Gasteiger partial charge is 0.204 e. The van der Waals surface area contributed by atoms with E-state index in [9.17, 15) is 8.78 Å². The van der Waals surface area contributed by atoms with E-state index in [1.807, 2.05) is 0 Å². The van der Waals surface area contributed by atoms with Crippen LogP contribution in [0, 0.1) is 11.6 Å².